The lowest BCUT2D eigenvalue weighted by atomic mass is 9.69. The largest absolute Gasteiger partial charge is 0.456 e. The van der Waals surface area contributed by atoms with E-state index in [1.807, 2.05) is 13.0 Å². The van der Waals surface area contributed by atoms with E-state index < -0.39 is 28.5 Å². The number of Topliss-reactive ketones (excluding diaryl/α,β-unsaturated/α-hetero) is 1. The minimum Gasteiger partial charge on any atom is -0.456 e. The lowest BCUT2D eigenvalue weighted by Gasteiger charge is -2.53. The number of rotatable bonds is 8. The third-order valence-electron chi connectivity index (χ3n) is 16.9. The van der Waals surface area contributed by atoms with Crippen LogP contribution in [0, 0.1) is 59.2 Å². The van der Waals surface area contributed by atoms with Crippen LogP contribution in [0.5, 0.6) is 0 Å². The van der Waals surface area contributed by atoms with Gasteiger partial charge in [0.15, 0.2) is 5.78 Å². The molecular formula is C48H74O8. The van der Waals surface area contributed by atoms with Crippen LogP contribution < -0.4 is 0 Å². The molecule has 0 aromatic rings. The molecule has 314 valence electrons. The summed E-state index contributed by atoms with van der Waals surface area (Å²) in [6, 6.07) is 0. The number of hydrogen-bond acceptors (Lipinski definition) is 8. The molecule has 0 spiro atoms. The van der Waals surface area contributed by atoms with Crippen LogP contribution in [0.4, 0.5) is 0 Å². The molecule has 4 aliphatic heterocycles. The summed E-state index contributed by atoms with van der Waals surface area (Å²) < 4.78 is 25.6. The lowest BCUT2D eigenvalue weighted by molar-refractivity contribution is -0.263. The number of aliphatic hydroxyl groups excluding tert-OH is 1. The summed E-state index contributed by atoms with van der Waals surface area (Å²) in [6.45, 7) is 17.0. The van der Waals surface area contributed by atoms with Gasteiger partial charge in [-0.1, -0.05) is 92.2 Å². The van der Waals surface area contributed by atoms with Crippen LogP contribution in [0.25, 0.3) is 0 Å². The van der Waals surface area contributed by atoms with Gasteiger partial charge in [-0.25, -0.2) is 9.59 Å². The molecule has 4 aliphatic carbocycles. The van der Waals surface area contributed by atoms with Crippen LogP contribution in [-0.2, 0) is 33.3 Å². The molecule has 8 rings (SSSR count). The van der Waals surface area contributed by atoms with Gasteiger partial charge in [-0.15, -0.1) is 0 Å². The molecule has 13 atom stereocenters. The monoisotopic (exact) mass is 779 g/mol. The number of esters is 2. The molecule has 0 radical (unpaired) electrons. The summed E-state index contributed by atoms with van der Waals surface area (Å²) in [5.41, 5.74) is -2.48. The van der Waals surface area contributed by atoms with Crippen molar-refractivity contribution in [2.24, 2.45) is 59.2 Å². The molecular weight excluding hydrogens is 705 g/mol. The van der Waals surface area contributed by atoms with E-state index in [9.17, 15) is 19.5 Å². The third-order valence-corrected chi connectivity index (χ3v) is 16.9. The van der Waals surface area contributed by atoms with Crippen molar-refractivity contribution in [3.8, 4) is 0 Å². The molecule has 8 fully saturated rings. The molecule has 0 aromatic heterocycles. The number of ether oxygens (including phenoxy) is 4. The molecule has 4 saturated carbocycles. The van der Waals surface area contributed by atoms with Gasteiger partial charge in [-0.05, 0) is 107 Å². The molecule has 1 N–H and O–H groups in total. The number of fused-ring (bicyclic) bond motifs is 8. The second-order valence-electron chi connectivity index (χ2n) is 20.7. The second kappa shape index (κ2) is 16.2. The number of carbonyl (C=O) groups is 3. The highest BCUT2D eigenvalue weighted by Crippen LogP contribution is 2.63. The van der Waals surface area contributed by atoms with E-state index in [-0.39, 0.29) is 65.4 Å². The van der Waals surface area contributed by atoms with Gasteiger partial charge in [-0.2, -0.15) is 0 Å². The Hall–Kier alpha value is -2.03. The van der Waals surface area contributed by atoms with Crippen molar-refractivity contribution >= 4 is 17.7 Å². The highest BCUT2D eigenvalue weighted by molar-refractivity contribution is 5.91. The minimum absolute atomic E-state index is 0.118. The topological polar surface area (TPSA) is 108 Å². The first-order valence-corrected chi connectivity index (χ1v) is 22.9. The predicted octanol–water partition coefficient (Wildman–Crippen LogP) is 9.50. The fraction of sp³-hybridized carbons (Fsp3) is 0.854. The van der Waals surface area contributed by atoms with Crippen molar-refractivity contribution in [1.82, 2.24) is 0 Å². The summed E-state index contributed by atoms with van der Waals surface area (Å²) in [6.07, 6.45) is 23.8. The Morgan fingerprint density at radius 1 is 0.679 bits per heavy atom. The zero-order valence-corrected chi connectivity index (χ0v) is 35.9. The first kappa shape index (κ1) is 42.1. The van der Waals surface area contributed by atoms with Crippen molar-refractivity contribution in [1.29, 1.82) is 0 Å². The second-order valence-corrected chi connectivity index (χ2v) is 20.7. The van der Waals surface area contributed by atoms with Crippen molar-refractivity contribution in [3.63, 3.8) is 0 Å². The molecule has 56 heavy (non-hydrogen) atoms. The number of aliphatic hydroxyl groups is 1. The molecule has 13 unspecified atom stereocenters. The zero-order chi connectivity index (χ0) is 40.2. The minimum atomic E-state index is -0.708. The molecule has 8 aliphatic rings. The first-order chi connectivity index (χ1) is 26.6. The van der Waals surface area contributed by atoms with E-state index in [0.29, 0.717) is 36.5 Å². The van der Waals surface area contributed by atoms with E-state index >= 15 is 0 Å². The van der Waals surface area contributed by atoms with E-state index in [1.54, 1.807) is 12.2 Å². The standard InChI is InChI=1S/C24H38O4.C24H36O4/c2*1-15(2)24-14-19(25)23(4,28-24)18-12-10-16(3)21(18)22(24)27-20(26)13-11-17-8-6-5-7-9-17/h11,13,15-19,21-22,25H,5-10,12,14H2,1-4H3;11,13,15-18,21-22H,5-10,12,14H2,1-4H3/b2*13-11+. The van der Waals surface area contributed by atoms with Gasteiger partial charge in [0.25, 0.3) is 0 Å². The Bertz CT molecular complexity index is 1510. The molecule has 8 nitrogen and oxygen atoms in total. The quantitative estimate of drug-likeness (QED) is 0.192. The average Bonchev–Trinajstić information content (AvgIpc) is 3.89. The van der Waals surface area contributed by atoms with Crippen LogP contribution in [-0.4, -0.2) is 63.5 Å². The van der Waals surface area contributed by atoms with Gasteiger partial charge in [0.2, 0.25) is 0 Å². The summed E-state index contributed by atoms with van der Waals surface area (Å²) >= 11 is 0. The lowest BCUT2D eigenvalue weighted by Crippen LogP contribution is -2.62. The van der Waals surface area contributed by atoms with Crippen LogP contribution in [0.3, 0.4) is 0 Å². The van der Waals surface area contributed by atoms with Gasteiger partial charge in [0.1, 0.15) is 29.0 Å². The Balaban J connectivity index is 0.000000172. The van der Waals surface area contributed by atoms with Crippen LogP contribution in [0.15, 0.2) is 24.3 Å². The molecule has 0 aromatic carbocycles. The Morgan fingerprint density at radius 3 is 1.64 bits per heavy atom. The molecule has 0 amide bonds. The van der Waals surface area contributed by atoms with Crippen molar-refractivity contribution < 1.29 is 38.4 Å². The van der Waals surface area contributed by atoms with E-state index in [1.165, 1.54) is 64.2 Å². The SMILES string of the molecule is CC1CCC2C1C(OC(=O)/C=C/C1CCCCC1)C1(C(C)C)CC(=O)C2(C)O1.CC1CCC2C1C(OC(=O)/C=C/C1CCCCC1)C1(C(C)C)CC(O)C2(C)O1. The fourth-order valence-electron chi connectivity index (χ4n) is 13.4. The number of ketones is 1. The highest BCUT2D eigenvalue weighted by Gasteiger charge is 2.72. The van der Waals surface area contributed by atoms with Gasteiger partial charge in [0, 0.05) is 42.7 Å². The summed E-state index contributed by atoms with van der Waals surface area (Å²) in [5.74, 6) is 2.82. The Kier molecular flexibility index (Phi) is 12.2. The van der Waals surface area contributed by atoms with Crippen LogP contribution in [0.1, 0.15) is 158 Å². The van der Waals surface area contributed by atoms with E-state index in [4.69, 9.17) is 18.9 Å². The average molecular weight is 779 g/mol. The maximum Gasteiger partial charge on any atom is 0.330 e. The maximum absolute atomic E-state index is 13.0. The van der Waals surface area contributed by atoms with Crippen LogP contribution >= 0.6 is 0 Å². The van der Waals surface area contributed by atoms with E-state index in [2.05, 4.69) is 54.5 Å². The predicted molar refractivity (Wildman–Crippen MR) is 216 cm³/mol. The number of carbonyl (C=O) groups excluding carboxylic acids is 3. The highest BCUT2D eigenvalue weighted by atomic mass is 16.6. The maximum atomic E-state index is 13.0. The van der Waals surface area contributed by atoms with Gasteiger partial charge >= 0.3 is 11.9 Å². The molecule has 8 heteroatoms. The summed E-state index contributed by atoms with van der Waals surface area (Å²) in [4.78, 5) is 38.6. The first-order valence-electron chi connectivity index (χ1n) is 22.9. The van der Waals surface area contributed by atoms with E-state index in [0.717, 1.165) is 25.7 Å². The molecule has 4 heterocycles. The summed E-state index contributed by atoms with van der Waals surface area (Å²) in [7, 11) is 0. The van der Waals surface area contributed by atoms with Crippen molar-refractivity contribution in [3.05, 3.63) is 24.3 Å². The number of allylic oxidation sites excluding steroid dienone is 2. The fourth-order valence-corrected chi connectivity index (χ4v) is 13.4. The number of hydrogen-bond donors (Lipinski definition) is 1. The smallest absolute Gasteiger partial charge is 0.330 e. The summed E-state index contributed by atoms with van der Waals surface area (Å²) in [5, 5.41) is 11.0. The van der Waals surface area contributed by atoms with Crippen molar-refractivity contribution in [2.75, 3.05) is 0 Å². The van der Waals surface area contributed by atoms with Gasteiger partial charge < -0.3 is 24.1 Å². The Morgan fingerprint density at radius 2 is 1.14 bits per heavy atom. The van der Waals surface area contributed by atoms with Crippen molar-refractivity contribution in [2.45, 2.75) is 199 Å². The van der Waals surface area contributed by atoms with Gasteiger partial charge in [0.05, 0.1) is 11.7 Å². The van der Waals surface area contributed by atoms with Gasteiger partial charge in [-0.3, -0.25) is 4.79 Å². The Labute approximate surface area is 337 Å². The molecule has 4 bridgehead atoms. The third kappa shape index (κ3) is 7.30. The normalized spacial score (nSPS) is 45.0. The van der Waals surface area contributed by atoms with Crippen LogP contribution in [0.2, 0.25) is 0 Å². The zero-order valence-electron chi connectivity index (χ0n) is 35.9. The molecule has 4 saturated heterocycles.